The Bertz CT molecular complexity index is 600. The predicted molar refractivity (Wildman–Crippen MR) is 70.6 cm³/mol. The number of nitrogens with zero attached hydrogens (tertiary/aromatic N) is 3. The lowest BCUT2D eigenvalue weighted by Crippen LogP contribution is -2.32. The number of hydrogen-bond acceptors (Lipinski definition) is 4. The molecule has 6 nitrogen and oxygen atoms in total. The number of fused-ring (bicyclic) bond motifs is 1. The molecule has 0 spiro atoms. The molecular formula is C13H14N4O2. The number of pyridine rings is 2. The Morgan fingerprint density at radius 2 is 2.32 bits per heavy atom. The molecule has 0 saturated carbocycles. The lowest BCUT2D eigenvalue weighted by molar-refractivity contribution is -0.116. The standard InChI is InChI=1S/C13H14N4O2/c1-17(9-18)6-5-15-13(19)11-7-10-3-2-4-14-12(10)16-8-11/h2-4,7-9H,5-6H2,1H3,(H,15,19). The van der Waals surface area contributed by atoms with E-state index in [1.54, 1.807) is 25.4 Å². The quantitative estimate of drug-likeness (QED) is 0.790. The van der Waals surface area contributed by atoms with Gasteiger partial charge in [-0.2, -0.15) is 0 Å². The van der Waals surface area contributed by atoms with Crippen LogP contribution in [0.25, 0.3) is 11.0 Å². The molecule has 1 N–H and O–H groups in total. The van der Waals surface area contributed by atoms with Gasteiger partial charge in [0.1, 0.15) is 0 Å². The molecule has 0 fully saturated rings. The summed E-state index contributed by atoms with van der Waals surface area (Å²) >= 11 is 0. The Labute approximate surface area is 110 Å². The molecule has 0 atom stereocenters. The molecule has 0 aromatic carbocycles. The molecule has 0 aliphatic heterocycles. The van der Waals surface area contributed by atoms with Crippen LogP contribution >= 0.6 is 0 Å². The van der Waals surface area contributed by atoms with Gasteiger partial charge in [-0.15, -0.1) is 0 Å². The van der Waals surface area contributed by atoms with Crippen LogP contribution in [0.1, 0.15) is 10.4 Å². The highest BCUT2D eigenvalue weighted by Crippen LogP contribution is 2.09. The van der Waals surface area contributed by atoms with Gasteiger partial charge in [-0.05, 0) is 18.2 Å². The van der Waals surface area contributed by atoms with E-state index in [1.807, 2.05) is 6.07 Å². The Kier molecular flexibility index (Phi) is 4.02. The van der Waals surface area contributed by atoms with E-state index in [4.69, 9.17) is 0 Å². The smallest absolute Gasteiger partial charge is 0.252 e. The van der Waals surface area contributed by atoms with Crippen molar-refractivity contribution in [1.29, 1.82) is 0 Å². The predicted octanol–water partition coefficient (Wildman–Crippen LogP) is 0.448. The first-order valence-corrected chi connectivity index (χ1v) is 5.85. The Hall–Kier alpha value is -2.50. The van der Waals surface area contributed by atoms with Gasteiger partial charge in [0, 0.05) is 37.9 Å². The van der Waals surface area contributed by atoms with E-state index in [0.29, 0.717) is 24.3 Å². The fourth-order valence-corrected chi connectivity index (χ4v) is 1.59. The fraction of sp³-hybridized carbons (Fsp3) is 0.231. The summed E-state index contributed by atoms with van der Waals surface area (Å²) in [6.45, 7) is 0.872. The van der Waals surface area contributed by atoms with Crippen LogP contribution in [0.4, 0.5) is 0 Å². The summed E-state index contributed by atoms with van der Waals surface area (Å²) in [7, 11) is 1.66. The van der Waals surface area contributed by atoms with E-state index in [2.05, 4.69) is 15.3 Å². The van der Waals surface area contributed by atoms with Crippen LogP contribution in [-0.4, -0.2) is 47.3 Å². The van der Waals surface area contributed by atoms with E-state index in [0.717, 1.165) is 11.8 Å². The highest BCUT2D eigenvalue weighted by Gasteiger charge is 2.07. The van der Waals surface area contributed by atoms with Crippen molar-refractivity contribution in [2.45, 2.75) is 0 Å². The molecule has 0 saturated heterocycles. The van der Waals surface area contributed by atoms with Gasteiger partial charge < -0.3 is 10.2 Å². The van der Waals surface area contributed by atoms with E-state index < -0.39 is 0 Å². The van der Waals surface area contributed by atoms with Gasteiger partial charge >= 0.3 is 0 Å². The largest absolute Gasteiger partial charge is 0.350 e. The zero-order valence-electron chi connectivity index (χ0n) is 10.5. The summed E-state index contributed by atoms with van der Waals surface area (Å²) < 4.78 is 0. The lowest BCUT2D eigenvalue weighted by atomic mass is 10.2. The summed E-state index contributed by atoms with van der Waals surface area (Å²) in [4.78, 5) is 31.9. The number of carbonyl (C=O) groups is 2. The van der Waals surface area contributed by atoms with Crippen LogP contribution in [0.2, 0.25) is 0 Å². The van der Waals surface area contributed by atoms with Gasteiger partial charge in [0.15, 0.2) is 5.65 Å². The molecule has 0 radical (unpaired) electrons. The molecule has 2 amide bonds. The first-order chi connectivity index (χ1) is 9.20. The SMILES string of the molecule is CN(C=O)CCNC(=O)c1cnc2ncccc2c1. The second-order valence-corrected chi connectivity index (χ2v) is 4.12. The van der Waals surface area contributed by atoms with Gasteiger partial charge in [-0.1, -0.05) is 0 Å². The summed E-state index contributed by atoms with van der Waals surface area (Å²) in [5.41, 5.74) is 1.09. The molecular weight excluding hydrogens is 244 g/mol. The minimum Gasteiger partial charge on any atom is -0.350 e. The van der Waals surface area contributed by atoms with Crippen LogP contribution in [-0.2, 0) is 4.79 Å². The summed E-state index contributed by atoms with van der Waals surface area (Å²) in [6.07, 6.45) is 3.87. The maximum Gasteiger partial charge on any atom is 0.252 e. The minimum atomic E-state index is -0.211. The molecule has 0 bridgehead atoms. The zero-order chi connectivity index (χ0) is 13.7. The minimum absolute atomic E-state index is 0.211. The first kappa shape index (κ1) is 12.9. The van der Waals surface area contributed by atoms with Crippen LogP contribution in [0, 0.1) is 0 Å². The van der Waals surface area contributed by atoms with Crippen molar-refractivity contribution < 1.29 is 9.59 Å². The van der Waals surface area contributed by atoms with Gasteiger partial charge in [-0.25, -0.2) is 9.97 Å². The van der Waals surface area contributed by atoms with Crippen molar-refractivity contribution in [1.82, 2.24) is 20.2 Å². The normalized spacial score (nSPS) is 10.2. The van der Waals surface area contributed by atoms with Crippen molar-refractivity contribution >= 4 is 23.4 Å². The van der Waals surface area contributed by atoms with Crippen molar-refractivity contribution in [3.8, 4) is 0 Å². The highest BCUT2D eigenvalue weighted by atomic mass is 16.2. The number of amides is 2. The number of nitrogens with one attached hydrogen (secondary N) is 1. The van der Waals surface area contributed by atoms with Gasteiger partial charge in [0.2, 0.25) is 6.41 Å². The summed E-state index contributed by atoms with van der Waals surface area (Å²) in [5, 5.41) is 3.55. The van der Waals surface area contributed by atoms with Crippen LogP contribution in [0.3, 0.4) is 0 Å². The molecule has 2 aromatic rings. The molecule has 6 heteroatoms. The Morgan fingerprint density at radius 3 is 3.11 bits per heavy atom. The molecule has 98 valence electrons. The van der Waals surface area contributed by atoms with E-state index in [-0.39, 0.29) is 5.91 Å². The maximum absolute atomic E-state index is 11.9. The van der Waals surface area contributed by atoms with Gasteiger partial charge in [-0.3, -0.25) is 9.59 Å². The molecule has 2 rings (SSSR count). The molecule has 0 unspecified atom stereocenters. The molecule has 0 aliphatic rings. The number of aromatic nitrogens is 2. The zero-order valence-corrected chi connectivity index (χ0v) is 10.5. The number of hydrogen-bond donors (Lipinski definition) is 1. The lowest BCUT2D eigenvalue weighted by Gasteiger charge is -2.11. The van der Waals surface area contributed by atoms with Crippen molar-refractivity contribution in [3.63, 3.8) is 0 Å². The van der Waals surface area contributed by atoms with Crippen LogP contribution in [0.5, 0.6) is 0 Å². The number of rotatable bonds is 5. The Balaban J connectivity index is 2.03. The second-order valence-electron chi connectivity index (χ2n) is 4.12. The Morgan fingerprint density at radius 1 is 1.47 bits per heavy atom. The fourth-order valence-electron chi connectivity index (χ4n) is 1.59. The van der Waals surface area contributed by atoms with Crippen LogP contribution < -0.4 is 5.32 Å². The van der Waals surface area contributed by atoms with E-state index in [9.17, 15) is 9.59 Å². The van der Waals surface area contributed by atoms with Crippen LogP contribution in [0.15, 0.2) is 30.6 Å². The number of carbonyl (C=O) groups excluding carboxylic acids is 2. The van der Waals surface area contributed by atoms with E-state index >= 15 is 0 Å². The van der Waals surface area contributed by atoms with Crippen molar-refractivity contribution in [2.75, 3.05) is 20.1 Å². The average Bonchev–Trinajstić information content (AvgIpc) is 2.46. The summed E-state index contributed by atoms with van der Waals surface area (Å²) in [5.74, 6) is -0.211. The molecule has 2 aromatic heterocycles. The van der Waals surface area contributed by atoms with Gasteiger partial charge in [0.05, 0.1) is 5.56 Å². The molecule has 0 aliphatic carbocycles. The third-order valence-electron chi connectivity index (χ3n) is 2.65. The molecule has 19 heavy (non-hydrogen) atoms. The van der Waals surface area contributed by atoms with E-state index in [1.165, 1.54) is 11.1 Å². The van der Waals surface area contributed by atoms with Gasteiger partial charge in [0.25, 0.3) is 5.91 Å². The average molecular weight is 258 g/mol. The van der Waals surface area contributed by atoms with Crippen molar-refractivity contribution in [2.24, 2.45) is 0 Å². The monoisotopic (exact) mass is 258 g/mol. The molecule has 2 heterocycles. The maximum atomic E-state index is 11.9. The second kappa shape index (κ2) is 5.90. The topological polar surface area (TPSA) is 75.2 Å². The third-order valence-corrected chi connectivity index (χ3v) is 2.65. The van der Waals surface area contributed by atoms with Crippen molar-refractivity contribution in [3.05, 3.63) is 36.2 Å². The third kappa shape index (κ3) is 3.25. The summed E-state index contributed by atoms with van der Waals surface area (Å²) in [6, 6.07) is 5.39. The first-order valence-electron chi connectivity index (χ1n) is 5.85. The highest BCUT2D eigenvalue weighted by molar-refractivity contribution is 5.96. The number of likely N-dealkylation sites (N-methyl/N-ethyl adjacent to an activating group) is 1.